The second-order valence-electron chi connectivity index (χ2n) is 0.513. The van der Waals surface area contributed by atoms with Gasteiger partial charge in [-0.05, 0) is 11.8 Å². The summed E-state index contributed by atoms with van der Waals surface area (Å²) in [6.45, 7) is 0. The van der Waals surface area contributed by atoms with E-state index in [-0.39, 0.29) is 27.3 Å². The Balaban J connectivity index is 0. The van der Waals surface area contributed by atoms with E-state index in [0.717, 1.165) is 0 Å². The first kappa shape index (κ1) is 10.8. The van der Waals surface area contributed by atoms with Gasteiger partial charge in [0.25, 0.3) is 0 Å². The van der Waals surface area contributed by atoms with Crippen molar-refractivity contribution >= 4 is 57.0 Å². The number of hydrogen-bond acceptors (Lipinski definition) is 1. The van der Waals surface area contributed by atoms with Crippen LogP contribution in [0.2, 0.25) is 0 Å². The molecular weight excluding hydrogens is 334 g/mol. The van der Waals surface area contributed by atoms with Crippen LogP contribution >= 0.6 is 17.9 Å². The van der Waals surface area contributed by atoms with Crippen molar-refractivity contribution in [3.63, 3.8) is 0 Å². The molecule has 0 spiro atoms. The van der Waals surface area contributed by atoms with Gasteiger partial charge >= 0.3 is 0 Å². The quantitative estimate of drug-likeness (QED) is 0.324. The van der Waals surface area contributed by atoms with E-state index in [1.54, 1.807) is 0 Å². The molecule has 0 bridgehead atoms. The molecule has 0 saturated heterocycles. The molecule has 2 nitrogen and oxygen atoms in total. The smallest absolute Gasteiger partial charge is 0.239 e. The number of thiol groups is 1. The van der Waals surface area contributed by atoms with Crippen molar-refractivity contribution in [2.24, 2.45) is 0 Å². The molecule has 4 radical (unpaired) electrons. The van der Waals surface area contributed by atoms with Crippen LogP contribution in [0.4, 0.5) is 0 Å². The van der Waals surface area contributed by atoms with Gasteiger partial charge in [0, 0.05) is 27.3 Å². The van der Waals surface area contributed by atoms with Gasteiger partial charge in [-0.15, -0.1) is 0 Å². The van der Waals surface area contributed by atoms with Gasteiger partial charge in [-0.1, -0.05) is 12.2 Å². The largest absolute Gasteiger partial charge is 0.338 e. The van der Waals surface area contributed by atoms with E-state index in [0.29, 0.717) is 0 Å². The van der Waals surface area contributed by atoms with E-state index in [9.17, 15) is 0 Å². The molecule has 0 aromatic carbocycles. The van der Waals surface area contributed by atoms with E-state index in [2.05, 4.69) is 24.1 Å². The molecule has 0 saturated carbocycles. The molecule has 6 heavy (non-hydrogen) atoms. The number of hydrogen-bond donors (Lipinski definition) is 3. The molecule has 0 rings (SSSR count). The monoisotopic (exact) mass is 338 g/mol. The van der Waals surface area contributed by atoms with Gasteiger partial charge < -0.3 is 9.79 Å². The molecule has 0 aliphatic rings. The molecule has 36 valence electrons. The SMILES string of the molecule is OP(O)(=S)S.[Pb]. The maximum Gasteiger partial charge on any atom is 0.239 e. The average molecular weight is 337 g/mol. The van der Waals surface area contributed by atoms with Crippen LogP contribution in [0.1, 0.15) is 0 Å². The van der Waals surface area contributed by atoms with E-state index in [1.165, 1.54) is 0 Å². The zero-order valence-electron chi connectivity index (χ0n) is 2.70. The van der Waals surface area contributed by atoms with Crippen LogP contribution in [-0.2, 0) is 11.8 Å². The first-order chi connectivity index (χ1) is 2.00. The van der Waals surface area contributed by atoms with Crippen molar-refractivity contribution in [3.05, 3.63) is 0 Å². The second kappa shape index (κ2) is 3.80. The van der Waals surface area contributed by atoms with Gasteiger partial charge in [0.2, 0.25) is 5.69 Å². The van der Waals surface area contributed by atoms with E-state index >= 15 is 0 Å². The summed E-state index contributed by atoms with van der Waals surface area (Å²) in [5, 5.41) is 0. The molecule has 0 fully saturated rings. The van der Waals surface area contributed by atoms with E-state index in [4.69, 9.17) is 9.79 Å². The van der Waals surface area contributed by atoms with Gasteiger partial charge in [-0.25, -0.2) is 0 Å². The molecule has 0 aromatic heterocycles. The van der Waals surface area contributed by atoms with E-state index in [1.807, 2.05) is 0 Å². The third-order valence-electron chi connectivity index (χ3n) is 0. The Labute approximate surface area is 66.4 Å². The molecule has 0 amide bonds. The Morgan fingerprint density at radius 3 is 1.50 bits per heavy atom. The fraction of sp³-hybridized carbons (Fsp3) is 0. The normalized spacial score (nSPS) is 9.83. The van der Waals surface area contributed by atoms with Crippen molar-refractivity contribution in [2.45, 2.75) is 0 Å². The Hall–Kier alpha value is 1.84. The minimum atomic E-state index is -3.11. The van der Waals surface area contributed by atoms with Crippen LogP contribution in [0.25, 0.3) is 0 Å². The minimum absolute atomic E-state index is 0. The number of rotatable bonds is 0. The van der Waals surface area contributed by atoms with Crippen molar-refractivity contribution in [1.82, 2.24) is 0 Å². The Morgan fingerprint density at radius 2 is 1.50 bits per heavy atom. The van der Waals surface area contributed by atoms with Crippen LogP contribution in [0.5, 0.6) is 0 Å². The van der Waals surface area contributed by atoms with Crippen LogP contribution in [0.3, 0.4) is 0 Å². The average Bonchev–Trinajstić information content (AvgIpc) is 0.722. The summed E-state index contributed by atoms with van der Waals surface area (Å²) in [5.41, 5.74) is -3.11. The summed E-state index contributed by atoms with van der Waals surface area (Å²) in [6.07, 6.45) is 0. The maximum absolute atomic E-state index is 7.87. The fourth-order valence-corrected chi connectivity index (χ4v) is 0. The van der Waals surface area contributed by atoms with E-state index < -0.39 is 5.69 Å². The summed E-state index contributed by atoms with van der Waals surface area (Å²) in [4.78, 5) is 15.7. The minimum Gasteiger partial charge on any atom is -0.338 e. The van der Waals surface area contributed by atoms with Crippen LogP contribution in [-0.4, -0.2) is 37.1 Å². The molecular formula is H3O2PPbS2. The third-order valence-corrected chi connectivity index (χ3v) is 0. The summed E-state index contributed by atoms with van der Waals surface area (Å²) in [7, 11) is 0. The van der Waals surface area contributed by atoms with Gasteiger partial charge in [-0.3, -0.25) is 0 Å². The topological polar surface area (TPSA) is 40.5 Å². The summed E-state index contributed by atoms with van der Waals surface area (Å²) in [5.74, 6) is 0. The van der Waals surface area contributed by atoms with Gasteiger partial charge in [-0.2, -0.15) is 0 Å². The molecule has 2 N–H and O–H groups in total. The Bertz CT molecular complexity index is 57.7. The third kappa shape index (κ3) is 40.4. The zero-order valence-corrected chi connectivity index (χ0v) is 9.19. The predicted molar refractivity (Wildman–Crippen MR) is 33.5 cm³/mol. The maximum atomic E-state index is 7.87. The molecule has 0 aromatic rings. The first-order valence-electron chi connectivity index (χ1n) is 0.783. The van der Waals surface area contributed by atoms with Gasteiger partial charge in [0.1, 0.15) is 0 Å². The zero-order chi connectivity index (χ0) is 4.50. The fourth-order valence-electron chi connectivity index (χ4n) is 0. The summed E-state index contributed by atoms with van der Waals surface area (Å²) in [6, 6.07) is 0. The molecule has 0 aliphatic carbocycles. The summed E-state index contributed by atoms with van der Waals surface area (Å²) >= 11 is 7.07. The van der Waals surface area contributed by atoms with Crippen molar-refractivity contribution < 1.29 is 9.79 Å². The molecule has 0 atom stereocenters. The van der Waals surface area contributed by atoms with Crippen LogP contribution in [0.15, 0.2) is 0 Å². The standard InChI is InChI=1S/H3O2PS2.Pb/c1-3(2,4)5;/h(H3,1,2,4,5);. The predicted octanol–water partition coefficient (Wildman–Crippen LogP) is -0.256. The van der Waals surface area contributed by atoms with Crippen molar-refractivity contribution in [3.8, 4) is 0 Å². The molecule has 0 heterocycles. The summed E-state index contributed by atoms with van der Waals surface area (Å²) < 4.78 is 0. The van der Waals surface area contributed by atoms with Gasteiger partial charge in [0.05, 0.1) is 0 Å². The molecule has 0 aliphatic heterocycles. The van der Waals surface area contributed by atoms with Crippen LogP contribution in [0, 0.1) is 0 Å². The Kier molecular flexibility index (Phi) is 6.81. The molecule has 6 heteroatoms. The Morgan fingerprint density at radius 1 is 1.50 bits per heavy atom. The van der Waals surface area contributed by atoms with Crippen molar-refractivity contribution in [1.29, 1.82) is 0 Å². The first-order valence-corrected chi connectivity index (χ1v) is 4.64. The molecule has 0 unspecified atom stereocenters. The van der Waals surface area contributed by atoms with Crippen molar-refractivity contribution in [2.75, 3.05) is 0 Å². The van der Waals surface area contributed by atoms with Gasteiger partial charge in [0.15, 0.2) is 0 Å². The van der Waals surface area contributed by atoms with Crippen LogP contribution < -0.4 is 0 Å². The second-order valence-corrected chi connectivity index (χ2v) is 5.55.